The number of hydrogen-bond acceptors (Lipinski definition) is 4. The lowest BCUT2D eigenvalue weighted by Gasteiger charge is -2.02. The first-order valence-electron chi connectivity index (χ1n) is 6.84. The minimum absolute atomic E-state index is 0.0641. The van der Waals surface area contributed by atoms with E-state index in [1.165, 1.54) is 16.2 Å². The Morgan fingerprint density at radius 3 is 2.86 bits per heavy atom. The molecule has 4 aromatic rings. The molecule has 0 aliphatic heterocycles. The molecule has 1 aromatic carbocycles. The molecule has 108 valence electrons. The van der Waals surface area contributed by atoms with Crippen LogP contribution in [0.3, 0.4) is 0 Å². The standard InChI is InChI=1S/C16H12N4OS/c21-15-9-11(17-14-7-3-4-8-20(14)15)10-22-16-18-12-5-1-2-6-13(12)19-16/h1-9H,10H2,(H,18,19). The fourth-order valence-corrected chi connectivity index (χ4v) is 3.09. The summed E-state index contributed by atoms with van der Waals surface area (Å²) in [5.41, 5.74) is 3.30. The Balaban J connectivity index is 1.62. The minimum Gasteiger partial charge on any atom is -0.333 e. The van der Waals surface area contributed by atoms with Gasteiger partial charge in [-0.05, 0) is 24.3 Å². The first-order chi connectivity index (χ1) is 10.8. The van der Waals surface area contributed by atoms with Crippen LogP contribution in [0.2, 0.25) is 0 Å². The third-order valence-corrected chi connectivity index (χ3v) is 4.26. The molecule has 0 aliphatic rings. The van der Waals surface area contributed by atoms with Crippen molar-refractivity contribution in [2.24, 2.45) is 0 Å². The summed E-state index contributed by atoms with van der Waals surface area (Å²) in [6.07, 6.45) is 1.72. The summed E-state index contributed by atoms with van der Waals surface area (Å²) in [6, 6.07) is 15.0. The minimum atomic E-state index is -0.0641. The van der Waals surface area contributed by atoms with Crippen LogP contribution in [0.4, 0.5) is 0 Å². The van der Waals surface area contributed by atoms with Crippen LogP contribution in [0, 0.1) is 0 Å². The first kappa shape index (κ1) is 13.1. The maximum Gasteiger partial charge on any atom is 0.258 e. The van der Waals surface area contributed by atoms with E-state index in [1.807, 2.05) is 42.5 Å². The molecule has 0 saturated carbocycles. The lowest BCUT2D eigenvalue weighted by Crippen LogP contribution is -2.14. The van der Waals surface area contributed by atoms with E-state index >= 15 is 0 Å². The predicted molar refractivity (Wildman–Crippen MR) is 87.1 cm³/mol. The van der Waals surface area contributed by atoms with Gasteiger partial charge >= 0.3 is 0 Å². The number of pyridine rings is 1. The highest BCUT2D eigenvalue weighted by atomic mass is 32.2. The summed E-state index contributed by atoms with van der Waals surface area (Å²) in [5.74, 6) is 0.598. The van der Waals surface area contributed by atoms with Gasteiger partial charge in [-0.25, -0.2) is 9.97 Å². The number of nitrogens with zero attached hydrogens (tertiary/aromatic N) is 3. The van der Waals surface area contributed by atoms with E-state index in [-0.39, 0.29) is 5.56 Å². The number of H-pyrrole nitrogens is 1. The second kappa shape index (κ2) is 5.31. The molecular formula is C16H12N4OS. The number of benzene rings is 1. The van der Waals surface area contributed by atoms with Crippen LogP contribution in [-0.2, 0) is 5.75 Å². The van der Waals surface area contributed by atoms with Crippen LogP contribution in [0.1, 0.15) is 5.69 Å². The number of nitrogens with one attached hydrogen (secondary N) is 1. The third kappa shape index (κ3) is 2.37. The van der Waals surface area contributed by atoms with Gasteiger partial charge in [0.05, 0.1) is 16.7 Å². The van der Waals surface area contributed by atoms with Crippen LogP contribution in [0.5, 0.6) is 0 Å². The molecule has 0 spiro atoms. The van der Waals surface area contributed by atoms with Crippen molar-refractivity contribution in [2.45, 2.75) is 10.9 Å². The fraction of sp³-hybridized carbons (Fsp3) is 0.0625. The zero-order chi connectivity index (χ0) is 14.9. The summed E-state index contributed by atoms with van der Waals surface area (Å²) in [4.78, 5) is 24.3. The molecule has 0 amide bonds. The summed E-state index contributed by atoms with van der Waals surface area (Å²) >= 11 is 1.54. The molecule has 0 fully saturated rings. The summed E-state index contributed by atoms with van der Waals surface area (Å²) < 4.78 is 1.54. The largest absolute Gasteiger partial charge is 0.333 e. The van der Waals surface area contributed by atoms with Gasteiger partial charge in [0.15, 0.2) is 5.16 Å². The molecule has 0 bridgehead atoms. The summed E-state index contributed by atoms with van der Waals surface area (Å²) in [7, 11) is 0. The monoisotopic (exact) mass is 308 g/mol. The Morgan fingerprint density at radius 1 is 1.09 bits per heavy atom. The number of para-hydroxylation sites is 2. The zero-order valence-electron chi connectivity index (χ0n) is 11.6. The number of aromatic amines is 1. The van der Waals surface area contributed by atoms with Crippen LogP contribution < -0.4 is 5.56 Å². The number of thioether (sulfide) groups is 1. The second-order valence-corrected chi connectivity index (χ2v) is 5.83. The Kier molecular flexibility index (Phi) is 3.16. The fourth-order valence-electron chi connectivity index (χ4n) is 2.32. The van der Waals surface area contributed by atoms with Crippen LogP contribution >= 0.6 is 11.8 Å². The van der Waals surface area contributed by atoms with E-state index in [9.17, 15) is 4.79 Å². The van der Waals surface area contributed by atoms with E-state index in [0.717, 1.165) is 21.9 Å². The molecule has 0 unspecified atom stereocenters. The van der Waals surface area contributed by atoms with Crippen molar-refractivity contribution in [3.63, 3.8) is 0 Å². The number of hydrogen-bond donors (Lipinski definition) is 1. The van der Waals surface area contributed by atoms with Crippen molar-refractivity contribution in [1.29, 1.82) is 0 Å². The predicted octanol–water partition coefficient (Wildman–Crippen LogP) is 2.86. The van der Waals surface area contributed by atoms with E-state index in [0.29, 0.717) is 11.4 Å². The van der Waals surface area contributed by atoms with Gasteiger partial charge in [-0.1, -0.05) is 30.0 Å². The highest BCUT2D eigenvalue weighted by Crippen LogP contribution is 2.22. The number of imidazole rings is 1. The van der Waals surface area contributed by atoms with E-state index < -0.39 is 0 Å². The molecule has 3 aromatic heterocycles. The molecule has 6 heteroatoms. The van der Waals surface area contributed by atoms with Crippen molar-refractivity contribution >= 4 is 28.4 Å². The van der Waals surface area contributed by atoms with Gasteiger partial charge in [0.25, 0.3) is 5.56 Å². The van der Waals surface area contributed by atoms with Crippen LogP contribution in [-0.4, -0.2) is 19.4 Å². The van der Waals surface area contributed by atoms with Gasteiger partial charge in [0, 0.05) is 18.0 Å². The molecule has 0 atom stereocenters. The Hall–Kier alpha value is -2.60. The summed E-state index contributed by atoms with van der Waals surface area (Å²) in [6.45, 7) is 0. The van der Waals surface area contributed by atoms with Gasteiger partial charge in [0.1, 0.15) is 5.65 Å². The van der Waals surface area contributed by atoms with Crippen LogP contribution in [0.25, 0.3) is 16.7 Å². The van der Waals surface area contributed by atoms with Crippen molar-refractivity contribution < 1.29 is 0 Å². The van der Waals surface area contributed by atoms with E-state index in [1.54, 1.807) is 12.3 Å². The van der Waals surface area contributed by atoms with E-state index in [2.05, 4.69) is 15.0 Å². The molecule has 0 saturated heterocycles. The van der Waals surface area contributed by atoms with Gasteiger partial charge in [-0.3, -0.25) is 9.20 Å². The zero-order valence-corrected chi connectivity index (χ0v) is 12.4. The summed E-state index contributed by atoms with van der Waals surface area (Å²) in [5, 5.41) is 0.830. The van der Waals surface area contributed by atoms with Crippen molar-refractivity contribution in [3.05, 3.63) is 70.8 Å². The Bertz CT molecular complexity index is 988. The van der Waals surface area contributed by atoms with E-state index in [4.69, 9.17) is 0 Å². The van der Waals surface area contributed by atoms with Crippen LogP contribution in [0.15, 0.2) is 64.7 Å². The maximum absolute atomic E-state index is 12.0. The van der Waals surface area contributed by atoms with Crippen molar-refractivity contribution in [3.8, 4) is 0 Å². The molecule has 0 aliphatic carbocycles. The molecule has 0 radical (unpaired) electrons. The molecule has 4 rings (SSSR count). The smallest absolute Gasteiger partial charge is 0.258 e. The molecule has 5 nitrogen and oxygen atoms in total. The number of fused-ring (bicyclic) bond motifs is 2. The normalized spacial score (nSPS) is 11.3. The molecular weight excluding hydrogens is 296 g/mol. The lowest BCUT2D eigenvalue weighted by molar-refractivity contribution is 1.01. The second-order valence-electron chi connectivity index (χ2n) is 4.86. The molecule has 1 N–H and O–H groups in total. The Labute approximate surface area is 130 Å². The van der Waals surface area contributed by atoms with Crippen molar-refractivity contribution in [2.75, 3.05) is 0 Å². The maximum atomic E-state index is 12.0. The lowest BCUT2D eigenvalue weighted by atomic mass is 10.3. The highest BCUT2D eigenvalue weighted by molar-refractivity contribution is 7.98. The van der Waals surface area contributed by atoms with Gasteiger partial charge in [0.2, 0.25) is 0 Å². The topological polar surface area (TPSA) is 63.0 Å². The quantitative estimate of drug-likeness (QED) is 0.591. The first-order valence-corrected chi connectivity index (χ1v) is 7.83. The highest BCUT2D eigenvalue weighted by Gasteiger charge is 2.06. The van der Waals surface area contributed by atoms with Gasteiger partial charge in [-0.15, -0.1) is 0 Å². The molecule has 3 heterocycles. The number of aromatic nitrogens is 4. The van der Waals surface area contributed by atoms with Gasteiger partial charge in [-0.2, -0.15) is 0 Å². The average Bonchev–Trinajstić information content (AvgIpc) is 2.96. The number of rotatable bonds is 3. The SMILES string of the molecule is O=c1cc(CSc2nc3ccccc3[nH]2)nc2ccccn12. The average molecular weight is 308 g/mol. The molecule has 22 heavy (non-hydrogen) atoms. The van der Waals surface area contributed by atoms with Gasteiger partial charge < -0.3 is 4.98 Å². The van der Waals surface area contributed by atoms with Crippen molar-refractivity contribution in [1.82, 2.24) is 19.4 Å². The Morgan fingerprint density at radius 2 is 1.95 bits per heavy atom. The third-order valence-electron chi connectivity index (χ3n) is 3.35.